The zero-order valence-corrected chi connectivity index (χ0v) is 26.2. The first kappa shape index (κ1) is 31.0. The van der Waals surface area contributed by atoms with Crippen LogP contribution in [-0.4, -0.2) is 27.0 Å². The minimum Gasteiger partial charge on any atom is -0.460 e. The highest BCUT2D eigenvalue weighted by atomic mass is 16.6. The molecule has 5 rings (SSSR count). The van der Waals surface area contributed by atoms with Crippen molar-refractivity contribution in [2.45, 2.75) is 90.7 Å². The van der Waals surface area contributed by atoms with E-state index < -0.39 is 5.60 Å². The van der Waals surface area contributed by atoms with Crippen LogP contribution in [0.4, 0.5) is 5.69 Å². The van der Waals surface area contributed by atoms with Gasteiger partial charge < -0.3 is 15.0 Å². The zero-order chi connectivity index (χ0) is 31.3. The number of carbonyl (C=O) groups is 2. The Bertz CT molecular complexity index is 1670. The molecule has 0 spiro atoms. The lowest BCUT2D eigenvalue weighted by Crippen LogP contribution is -2.24. The summed E-state index contributed by atoms with van der Waals surface area (Å²) in [6.07, 6.45) is 7.58. The number of carbonyl (C=O) groups excluding carboxylic acids is 2. The predicted octanol–water partition coefficient (Wildman–Crippen LogP) is 7.31. The van der Waals surface area contributed by atoms with E-state index in [1.165, 1.54) is 18.4 Å². The maximum absolute atomic E-state index is 13.4. The van der Waals surface area contributed by atoms with Gasteiger partial charge in [0.25, 0.3) is 0 Å². The van der Waals surface area contributed by atoms with Gasteiger partial charge >= 0.3 is 11.7 Å². The Morgan fingerprint density at radius 3 is 2.45 bits per heavy atom. The van der Waals surface area contributed by atoms with Crippen LogP contribution in [0.2, 0.25) is 0 Å². The van der Waals surface area contributed by atoms with Crippen molar-refractivity contribution in [3.63, 3.8) is 0 Å². The van der Waals surface area contributed by atoms with Crippen molar-refractivity contribution in [2.75, 3.05) is 5.32 Å². The summed E-state index contributed by atoms with van der Waals surface area (Å²) in [5, 5.41) is 3.12. The van der Waals surface area contributed by atoms with Crippen LogP contribution in [-0.2, 0) is 33.7 Å². The van der Waals surface area contributed by atoms with Gasteiger partial charge in [0.05, 0.1) is 18.7 Å². The Morgan fingerprint density at radius 2 is 1.73 bits per heavy atom. The zero-order valence-electron chi connectivity index (χ0n) is 26.2. The molecule has 3 aromatic carbocycles. The summed E-state index contributed by atoms with van der Waals surface area (Å²) in [6.45, 7) is 8.03. The molecule has 230 valence electrons. The first-order valence-electron chi connectivity index (χ1n) is 15.6. The second-order valence-electron chi connectivity index (χ2n) is 12.9. The molecule has 0 unspecified atom stereocenters. The molecule has 7 heteroatoms. The molecule has 7 nitrogen and oxygen atoms in total. The number of nitrogens with zero attached hydrogens (tertiary/aromatic N) is 1. The first-order chi connectivity index (χ1) is 21.1. The van der Waals surface area contributed by atoms with E-state index in [0.717, 1.165) is 52.0 Å². The number of imidazole rings is 1. The summed E-state index contributed by atoms with van der Waals surface area (Å²) in [4.78, 5) is 41.3. The van der Waals surface area contributed by atoms with Crippen molar-refractivity contribution >= 4 is 17.6 Å². The second kappa shape index (κ2) is 13.5. The Kier molecular flexibility index (Phi) is 9.52. The van der Waals surface area contributed by atoms with Crippen LogP contribution < -0.4 is 11.0 Å². The highest BCUT2D eigenvalue weighted by Gasteiger charge is 2.22. The number of amides is 1. The Morgan fingerprint density at radius 1 is 0.977 bits per heavy atom. The van der Waals surface area contributed by atoms with Gasteiger partial charge in [0.2, 0.25) is 5.91 Å². The van der Waals surface area contributed by atoms with Crippen molar-refractivity contribution in [2.24, 2.45) is 0 Å². The number of aromatic nitrogens is 2. The fourth-order valence-corrected chi connectivity index (χ4v) is 6.12. The maximum Gasteiger partial charge on any atom is 0.326 e. The Labute approximate surface area is 259 Å². The fraction of sp³-hybridized carbons (Fsp3) is 0.378. The molecule has 1 saturated carbocycles. The van der Waals surface area contributed by atoms with Crippen molar-refractivity contribution in [1.29, 1.82) is 0 Å². The fourth-order valence-electron chi connectivity index (χ4n) is 6.12. The molecule has 4 aromatic rings. The van der Waals surface area contributed by atoms with Crippen molar-refractivity contribution in [1.82, 2.24) is 9.55 Å². The number of aromatic amines is 1. The smallest absolute Gasteiger partial charge is 0.326 e. The molecule has 0 saturated heterocycles. The number of rotatable bonds is 10. The number of hydrogen-bond acceptors (Lipinski definition) is 4. The predicted molar refractivity (Wildman–Crippen MR) is 175 cm³/mol. The van der Waals surface area contributed by atoms with E-state index in [1.807, 2.05) is 88.5 Å². The molecule has 0 atom stereocenters. The van der Waals surface area contributed by atoms with Gasteiger partial charge in [-0.25, -0.2) is 4.79 Å². The summed E-state index contributed by atoms with van der Waals surface area (Å²) in [5.41, 5.74) is 7.14. The van der Waals surface area contributed by atoms with Gasteiger partial charge in [-0.1, -0.05) is 73.5 Å². The summed E-state index contributed by atoms with van der Waals surface area (Å²) in [7, 11) is 0. The largest absolute Gasteiger partial charge is 0.460 e. The molecule has 1 aliphatic rings. The third kappa shape index (κ3) is 7.95. The number of benzene rings is 3. The number of H-pyrrole nitrogens is 1. The van der Waals surface area contributed by atoms with Gasteiger partial charge in [0.15, 0.2) is 0 Å². The normalized spacial score (nSPS) is 13.6. The lowest BCUT2D eigenvalue weighted by atomic mass is 9.89. The molecule has 1 fully saturated rings. The van der Waals surface area contributed by atoms with Crippen LogP contribution >= 0.6 is 0 Å². The van der Waals surface area contributed by atoms with Crippen LogP contribution in [0.5, 0.6) is 0 Å². The van der Waals surface area contributed by atoms with Crippen LogP contribution in [0.1, 0.15) is 86.6 Å². The molecular formula is C37H43N3O4. The molecule has 0 aliphatic heterocycles. The highest BCUT2D eigenvalue weighted by molar-refractivity contribution is 5.93. The van der Waals surface area contributed by atoms with Gasteiger partial charge in [-0.05, 0) is 92.3 Å². The average Bonchev–Trinajstić information content (AvgIpc) is 3.64. The minimum atomic E-state index is -0.511. The average molecular weight is 594 g/mol. The van der Waals surface area contributed by atoms with Gasteiger partial charge in [-0.3, -0.25) is 14.2 Å². The summed E-state index contributed by atoms with van der Waals surface area (Å²) in [5.74, 6) is 0.115. The lowest BCUT2D eigenvalue weighted by Gasteiger charge is -2.20. The van der Waals surface area contributed by atoms with E-state index in [0.29, 0.717) is 18.9 Å². The van der Waals surface area contributed by atoms with E-state index in [-0.39, 0.29) is 30.4 Å². The molecule has 1 heterocycles. The summed E-state index contributed by atoms with van der Waals surface area (Å²) in [6, 6.07) is 21.9. The van der Waals surface area contributed by atoms with Crippen LogP contribution in [0.3, 0.4) is 0 Å². The van der Waals surface area contributed by atoms with E-state index in [9.17, 15) is 14.4 Å². The summed E-state index contributed by atoms with van der Waals surface area (Å²) >= 11 is 0. The Balaban J connectivity index is 1.29. The first-order valence-corrected chi connectivity index (χ1v) is 15.6. The molecule has 2 N–H and O–H groups in total. The van der Waals surface area contributed by atoms with Gasteiger partial charge in [0, 0.05) is 18.3 Å². The number of ether oxygens (including phenoxy) is 1. The van der Waals surface area contributed by atoms with E-state index in [4.69, 9.17) is 4.74 Å². The molecule has 1 aromatic heterocycles. The van der Waals surface area contributed by atoms with Crippen LogP contribution in [0, 0.1) is 6.92 Å². The quantitative estimate of drug-likeness (QED) is 0.189. The van der Waals surface area contributed by atoms with Gasteiger partial charge in [-0.15, -0.1) is 0 Å². The lowest BCUT2D eigenvalue weighted by molar-refractivity contribution is -0.154. The number of hydrogen-bond donors (Lipinski definition) is 2. The number of nitrogens with one attached hydrogen (secondary N) is 2. The van der Waals surface area contributed by atoms with Crippen LogP contribution in [0.25, 0.3) is 11.3 Å². The Hall–Kier alpha value is -4.39. The number of aryl methyl sites for hydroxylation is 1. The molecule has 44 heavy (non-hydrogen) atoms. The molecular weight excluding hydrogens is 550 g/mol. The van der Waals surface area contributed by atoms with E-state index >= 15 is 0 Å². The van der Waals surface area contributed by atoms with Crippen LogP contribution in [0.15, 0.2) is 77.7 Å². The van der Waals surface area contributed by atoms with Crippen molar-refractivity contribution in [3.05, 3.63) is 111 Å². The molecule has 1 aliphatic carbocycles. The highest BCUT2D eigenvalue weighted by Crippen LogP contribution is 2.37. The van der Waals surface area contributed by atoms with Gasteiger partial charge in [0.1, 0.15) is 5.60 Å². The molecule has 1 amide bonds. The molecule has 0 radical (unpaired) electrons. The van der Waals surface area contributed by atoms with Gasteiger partial charge in [-0.2, -0.15) is 0 Å². The maximum atomic E-state index is 13.4. The van der Waals surface area contributed by atoms with Crippen molar-refractivity contribution < 1.29 is 14.3 Å². The number of esters is 1. The third-order valence-electron chi connectivity index (χ3n) is 8.32. The topological polar surface area (TPSA) is 93.2 Å². The summed E-state index contributed by atoms with van der Waals surface area (Å²) < 4.78 is 7.16. The minimum absolute atomic E-state index is 0.0706. The standard InChI is InChI=1S/C37H43N3O4/c1-25-27(19-20-35(42)44-37(2,3)4)15-10-16-32(25)38-34(41)22-30-18-17-26(21-31(30)28-11-8-9-12-28)23-40-24-33(39-36(40)43)29-13-6-5-7-14-29/h5-7,10,13-18,21,24,28H,8-9,11-12,19-20,22-23H2,1-4H3,(H,38,41)(H,39,43). The van der Waals surface area contributed by atoms with Crippen molar-refractivity contribution in [3.8, 4) is 11.3 Å². The third-order valence-corrected chi connectivity index (χ3v) is 8.32. The number of anilines is 1. The van der Waals surface area contributed by atoms with E-state index in [2.05, 4.69) is 22.4 Å². The SMILES string of the molecule is Cc1c(CCC(=O)OC(C)(C)C)cccc1NC(=O)Cc1ccc(Cn2cc(-c3ccccc3)[nH]c2=O)cc1C1CCCC1. The van der Waals surface area contributed by atoms with E-state index in [1.54, 1.807) is 4.57 Å². The molecule has 0 bridgehead atoms. The second-order valence-corrected chi connectivity index (χ2v) is 12.9. The monoisotopic (exact) mass is 593 g/mol.